The van der Waals surface area contributed by atoms with Crippen molar-refractivity contribution < 1.29 is 4.79 Å². The van der Waals surface area contributed by atoms with Gasteiger partial charge in [0, 0.05) is 19.0 Å². The molecule has 17 heavy (non-hydrogen) atoms. The Morgan fingerprint density at radius 1 is 1.18 bits per heavy atom. The Kier molecular flexibility index (Phi) is 6.87. The molecule has 1 amide bonds. The standard InChI is InChI=1S/C14H26N2O/c1-7-16(9-12(6)8-15)14(17)13(10(2)3)11(4)5/h10-13H,7,9H2,1-6H3. The number of nitrogens with zero attached hydrogens (tertiary/aromatic N) is 2. The van der Waals surface area contributed by atoms with E-state index in [2.05, 4.69) is 33.8 Å². The van der Waals surface area contributed by atoms with Crippen LogP contribution in [0.1, 0.15) is 41.5 Å². The van der Waals surface area contributed by atoms with Gasteiger partial charge in [0.2, 0.25) is 5.91 Å². The molecule has 0 aliphatic rings. The molecule has 3 nitrogen and oxygen atoms in total. The number of hydrogen-bond donors (Lipinski definition) is 0. The normalized spacial score (nSPS) is 12.9. The summed E-state index contributed by atoms with van der Waals surface area (Å²) in [6.07, 6.45) is 0. The second-order valence-corrected chi connectivity index (χ2v) is 5.42. The highest BCUT2D eigenvalue weighted by atomic mass is 16.2. The van der Waals surface area contributed by atoms with Crippen molar-refractivity contribution in [2.75, 3.05) is 13.1 Å². The van der Waals surface area contributed by atoms with Crippen molar-refractivity contribution in [1.29, 1.82) is 5.26 Å². The topological polar surface area (TPSA) is 44.1 Å². The Bertz CT molecular complexity index is 270. The molecular weight excluding hydrogens is 212 g/mol. The SMILES string of the molecule is CCN(CC(C)C#N)C(=O)C(C(C)C)C(C)C. The summed E-state index contributed by atoms with van der Waals surface area (Å²) >= 11 is 0. The van der Waals surface area contributed by atoms with Crippen LogP contribution in [0, 0.1) is 35.0 Å². The molecule has 0 aromatic heterocycles. The molecule has 0 saturated heterocycles. The van der Waals surface area contributed by atoms with Gasteiger partial charge in [0.1, 0.15) is 0 Å². The molecule has 0 rings (SSSR count). The van der Waals surface area contributed by atoms with Crippen LogP contribution in [0.25, 0.3) is 0 Å². The number of hydrogen-bond acceptors (Lipinski definition) is 2. The van der Waals surface area contributed by atoms with E-state index in [1.54, 1.807) is 0 Å². The Labute approximate surface area is 106 Å². The van der Waals surface area contributed by atoms with E-state index in [1.165, 1.54) is 0 Å². The van der Waals surface area contributed by atoms with E-state index >= 15 is 0 Å². The minimum Gasteiger partial charge on any atom is -0.341 e. The average Bonchev–Trinajstić information content (AvgIpc) is 2.24. The zero-order valence-corrected chi connectivity index (χ0v) is 12.0. The highest BCUT2D eigenvalue weighted by Gasteiger charge is 2.29. The largest absolute Gasteiger partial charge is 0.341 e. The van der Waals surface area contributed by atoms with Crippen LogP contribution in [0.3, 0.4) is 0 Å². The summed E-state index contributed by atoms with van der Waals surface area (Å²) in [5.41, 5.74) is 0. The van der Waals surface area contributed by atoms with Crippen molar-refractivity contribution in [1.82, 2.24) is 4.90 Å². The van der Waals surface area contributed by atoms with Gasteiger partial charge in [-0.2, -0.15) is 5.26 Å². The van der Waals surface area contributed by atoms with Gasteiger partial charge in [-0.15, -0.1) is 0 Å². The van der Waals surface area contributed by atoms with Crippen LogP contribution in [0.2, 0.25) is 0 Å². The maximum Gasteiger partial charge on any atom is 0.226 e. The van der Waals surface area contributed by atoms with Crippen molar-refractivity contribution >= 4 is 5.91 Å². The minimum atomic E-state index is -0.0983. The van der Waals surface area contributed by atoms with Crippen LogP contribution in [-0.2, 0) is 4.79 Å². The first kappa shape index (κ1) is 16.0. The molecule has 0 spiro atoms. The molecule has 0 saturated carbocycles. The van der Waals surface area contributed by atoms with Crippen molar-refractivity contribution in [2.24, 2.45) is 23.7 Å². The Hall–Kier alpha value is -1.04. The van der Waals surface area contributed by atoms with Gasteiger partial charge in [0.25, 0.3) is 0 Å². The van der Waals surface area contributed by atoms with E-state index in [1.807, 2.05) is 18.7 Å². The number of nitriles is 1. The van der Waals surface area contributed by atoms with Gasteiger partial charge < -0.3 is 4.90 Å². The molecular formula is C14H26N2O. The fourth-order valence-electron chi connectivity index (χ4n) is 2.30. The quantitative estimate of drug-likeness (QED) is 0.714. The summed E-state index contributed by atoms with van der Waals surface area (Å²) in [4.78, 5) is 14.2. The monoisotopic (exact) mass is 238 g/mol. The lowest BCUT2D eigenvalue weighted by Gasteiger charge is -2.31. The zero-order valence-electron chi connectivity index (χ0n) is 12.0. The third-order valence-electron chi connectivity index (χ3n) is 3.13. The van der Waals surface area contributed by atoms with Crippen LogP contribution in [-0.4, -0.2) is 23.9 Å². The third-order valence-corrected chi connectivity index (χ3v) is 3.13. The summed E-state index contributed by atoms with van der Waals surface area (Å²) in [5.74, 6) is 0.835. The second kappa shape index (κ2) is 7.32. The predicted octanol–water partition coefficient (Wildman–Crippen LogP) is 2.92. The van der Waals surface area contributed by atoms with Crippen molar-refractivity contribution in [3.63, 3.8) is 0 Å². The molecule has 1 atom stereocenters. The first-order chi connectivity index (χ1) is 7.84. The lowest BCUT2D eigenvalue weighted by molar-refractivity contribution is -0.138. The van der Waals surface area contributed by atoms with Crippen molar-refractivity contribution in [2.45, 2.75) is 41.5 Å². The van der Waals surface area contributed by atoms with Gasteiger partial charge in [-0.25, -0.2) is 0 Å². The number of amides is 1. The van der Waals surface area contributed by atoms with Crippen LogP contribution >= 0.6 is 0 Å². The molecule has 0 aromatic carbocycles. The van der Waals surface area contributed by atoms with Crippen molar-refractivity contribution in [3.8, 4) is 6.07 Å². The molecule has 98 valence electrons. The summed E-state index contributed by atoms with van der Waals surface area (Å²) in [5, 5.41) is 8.83. The van der Waals surface area contributed by atoms with Crippen molar-refractivity contribution in [3.05, 3.63) is 0 Å². The molecule has 0 aromatic rings. The van der Waals surface area contributed by atoms with Gasteiger partial charge in [0.15, 0.2) is 0 Å². The molecule has 0 bridgehead atoms. The highest BCUT2D eigenvalue weighted by Crippen LogP contribution is 2.23. The van der Waals surface area contributed by atoms with Gasteiger partial charge in [0.05, 0.1) is 12.0 Å². The van der Waals surface area contributed by atoms with E-state index in [0.29, 0.717) is 24.9 Å². The Morgan fingerprint density at radius 3 is 1.94 bits per heavy atom. The fraction of sp³-hybridized carbons (Fsp3) is 0.857. The lowest BCUT2D eigenvalue weighted by atomic mass is 9.84. The molecule has 0 aliphatic heterocycles. The smallest absolute Gasteiger partial charge is 0.226 e. The molecule has 0 N–H and O–H groups in total. The van der Waals surface area contributed by atoms with E-state index in [9.17, 15) is 4.79 Å². The molecule has 0 radical (unpaired) electrons. The Morgan fingerprint density at radius 2 is 1.65 bits per heavy atom. The number of rotatable bonds is 6. The molecule has 0 fully saturated rings. The van der Waals surface area contributed by atoms with Gasteiger partial charge in [-0.1, -0.05) is 27.7 Å². The van der Waals surface area contributed by atoms with E-state index in [4.69, 9.17) is 5.26 Å². The minimum absolute atomic E-state index is 0.0563. The van der Waals surface area contributed by atoms with Crippen LogP contribution in [0.4, 0.5) is 0 Å². The first-order valence-corrected chi connectivity index (χ1v) is 6.53. The first-order valence-electron chi connectivity index (χ1n) is 6.53. The summed E-state index contributed by atoms with van der Waals surface area (Å²) in [7, 11) is 0. The maximum absolute atomic E-state index is 12.4. The second-order valence-electron chi connectivity index (χ2n) is 5.42. The van der Waals surface area contributed by atoms with E-state index in [-0.39, 0.29) is 17.7 Å². The van der Waals surface area contributed by atoms with E-state index < -0.39 is 0 Å². The molecule has 0 aliphatic carbocycles. The Balaban J connectivity index is 4.77. The molecule has 0 heterocycles. The van der Waals surface area contributed by atoms with Gasteiger partial charge in [-0.3, -0.25) is 4.79 Å². The third kappa shape index (κ3) is 4.77. The van der Waals surface area contributed by atoms with Gasteiger partial charge >= 0.3 is 0 Å². The summed E-state index contributed by atoms with van der Waals surface area (Å²) < 4.78 is 0. The highest BCUT2D eigenvalue weighted by molar-refractivity contribution is 5.79. The fourth-order valence-corrected chi connectivity index (χ4v) is 2.30. The zero-order chi connectivity index (χ0) is 13.6. The van der Waals surface area contributed by atoms with E-state index in [0.717, 1.165) is 0 Å². The average molecular weight is 238 g/mol. The predicted molar refractivity (Wildman–Crippen MR) is 70.2 cm³/mol. The summed E-state index contributed by atoms with van der Waals surface area (Å²) in [6, 6.07) is 2.19. The number of carbonyl (C=O) groups excluding carboxylic acids is 1. The van der Waals surface area contributed by atoms with Crippen LogP contribution < -0.4 is 0 Å². The van der Waals surface area contributed by atoms with Crippen LogP contribution in [0.5, 0.6) is 0 Å². The lowest BCUT2D eigenvalue weighted by Crippen LogP contribution is -2.42. The number of carbonyl (C=O) groups is 1. The van der Waals surface area contributed by atoms with Gasteiger partial charge in [-0.05, 0) is 25.7 Å². The maximum atomic E-state index is 12.4. The molecule has 3 heteroatoms. The van der Waals surface area contributed by atoms with Crippen LogP contribution in [0.15, 0.2) is 0 Å². The molecule has 1 unspecified atom stereocenters. The summed E-state index contributed by atoms with van der Waals surface area (Å²) in [6.45, 7) is 13.4.